The van der Waals surface area contributed by atoms with E-state index in [0.29, 0.717) is 10.7 Å². The number of nitrogens with one attached hydrogen (secondary N) is 1. The van der Waals surface area contributed by atoms with Gasteiger partial charge in [-0.3, -0.25) is 9.59 Å². The maximum Gasteiger partial charge on any atom is 0.319 e. The Bertz CT molecular complexity index is 784. The Morgan fingerprint density at radius 2 is 1.75 bits per heavy atom. The van der Waals surface area contributed by atoms with Crippen LogP contribution in [0.2, 0.25) is 5.02 Å². The number of hydrogen-bond donors (Lipinski definition) is 1. The van der Waals surface area contributed by atoms with Crippen molar-refractivity contribution in [2.24, 2.45) is 5.92 Å². The highest BCUT2D eigenvalue weighted by atomic mass is 35.5. The summed E-state index contributed by atoms with van der Waals surface area (Å²) in [4.78, 5) is 24.7. The molecule has 0 bridgehead atoms. The first-order valence-electron chi connectivity index (χ1n) is 7.51. The predicted molar refractivity (Wildman–Crippen MR) is 92.3 cm³/mol. The fourth-order valence-electron chi connectivity index (χ4n) is 2.83. The number of methoxy groups -OCH3 is 1. The molecule has 0 saturated carbocycles. The molecule has 2 unspecified atom stereocenters. The van der Waals surface area contributed by atoms with Crippen molar-refractivity contribution in [2.75, 3.05) is 7.11 Å². The van der Waals surface area contributed by atoms with Crippen LogP contribution < -0.4 is 5.32 Å². The Kier molecular flexibility index (Phi) is 4.67. The molecule has 0 fully saturated rings. The van der Waals surface area contributed by atoms with Gasteiger partial charge in [-0.2, -0.15) is 0 Å². The van der Waals surface area contributed by atoms with E-state index in [1.807, 2.05) is 48.5 Å². The first-order chi connectivity index (χ1) is 11.6. The normalized spacial score (nSPS) is 20.1. The molecule has 1 amide bonds. The van der Waals surface area contributed by atoms with Gasteiger partial charge in [0.15, 0.2) is 0 Å². The number of ether oxygens (including phenoxy) is 1. The summed E-state index contributed by atoms with van der Waals surface area (Å²) in [5.41, 5.74) is 2.37. The van der Waals surface area contributed by atoms with Crippen molar-refractivity contribution in [3.05, 3.63) is 76.8 Å². The number of halogens is 1. The molecule has 0 aromatic heterocycles. The van der Waals surface area contributed by atoms with Crippen LogP contribution in [0.3, 0.4) is 0 Å². The van der Waals surface area contributed by atoms with Crippen LogP contribution in [0, 0.1) is 5.92 Å². The minimum Gasteiger partial charge on any atom is -0.468 e. The number of allylic oxidation sites excluding steroid dienone is 1. The Morgan fingerprint density at radius 3 is 2.38 bits per heavy atom. The number of amides is 1. The largest absolute Gasteiger partial charge is 0.468 e. The third kappa shape index (κ3) is 3.19. The second-order valence-corrected chi connectivity index (χ2v) is 5.95. The zero-order chi connectivity index (χ0) is 17.1. The summed E-state index contributed by atoms with van der Waals surface area (Å²) >= 11 is 5.92. The summed E-state index contributed by atoms with van der Waals surface area (Å²) in [6.07, 6.45) is 1.89. The molecule has 1 N–H and O–H groups in total. The number of esters is 1. The van der Waals surface area contributed by atoms with Gasteiger partial charge in [-0.1, -0.05) is 60.1 Å². The molecule has 0 aliphatic carbocycles. The number of rotatable bonds is 3. The van der Waals surface area contributed by atoms with E-state index in [0.717, 1.165) is 11.1 Å². The number of benzene rings is 2. The quantitative estimate of drug-likeness (QED) is 0.687. The Morgan fingerprint density at radius 1 is 1.08 bits per heavy atom. The highest BCUT2D eigenvalue weighted by Crippen LogP contribution is 2.34. The summed E-state index contributed by atoms with van der Waals surface area (Å²) in [6, 6.07) is 16.6. The van der Waals surface area contributed by atoms with Crippen LogP contribution in [0.1, 0.15) is 17.0 Å². The standard InChI is InChI=1S/C19H16ClNO3/c1-24-19(23)17-15(12-5-3-2-4-6-12)11-16(21-18(17)22)13-7-9-14(20)10-8-13/h2-11,15,17H,1H3,(H,21,22). The van der Waals surface area contributed by atoms with Crippen LogP contribution in [0.25, 0.3) is 5.70 Å². The molecule has 1 aliphatic heterocycles. The molecule has 1 aliphatic rings. The summed E-state index contributed by atoms with van der Waals surface area (Å²) in [6.45, 7) is 0. The van der Waals surface area contributed by atoms with E-state index in [1.54, 1.807) is 12.1 Å². The van der Waals surface area contributed by atoms with Crippen molar-refractivity contribution in [1.82, 2.24) is 5.32 Å². The average Bonchev–Trinajstić information content (AvgIpc) is 2.62. The van der Waals surface area contributed by atoms with Crippen LogP contribution in [-0.2, 0) is 14.3 Å². The second-order valence-electron chi connectivity index (χ2n) is 5.51. The van der Waals surface area contributed by atoms with Gasteiger partial charge in [0.05, 0.1) is 7.11 Å². The van der Waals surface area contributed by atoms with Crippen LogP contribution in [0.5, 0.6) is 0 Å². The van der Waals surface area contributed by atoms with Crippen LogP contribution in [-0.4, -0.2) is 19.0 Å². The Balaban J connectivity index is 2.06. The second kappa shape index (κ2) is 6.89. The van der Waals surface area contributed by atoms with Crippen molar-refractivity contribution < 1.29 is 14.3 Å². The number of carbonyl (C=O) groups excluding carboxylic acids is 2. The third-order valence-electron chi connectivity index (χ3n) is 4.04. The first-order valence-corrected chi connectivity index (χ1v) is 7.89. The summed E-state index contributed by atoms with van der Waals surface area (Å²) in [5.74, 6) is -2.22. The Labute approximate surface area is 145 Å². The maximum absolute atomic E-state index is 12.6. The smallest absolute Gasteiger partial charge is 0.319 e. The van der Waals surface area contributed by atoms with Crippen molar-refractivity contribution in [2.45, 2.75) is 5.92 Å². The van der Waals surface area contributed by atoms with E-state index in [1.165, 1.54) is 7.11 Å². The molecule has 4 nitrogen and oxygen atoms in total. The molecule has 122 valence electrons. The zero-order valence-corrected chi connectivity index (χ0v) is 13.8. The molecule has 0 saturated heterocycles. The van der Waals surface area contributed by atoms with E-state index < -0.39 is 17.8 Å². The fraction of sp³-hybridized carbons (Fsp3) is 0.158. The molecular weight excluding hydrogens is 326 g/mol. The summed E-state index contributed by atoms with van der Waals surface area (Å²) in [7, 11) is 1.29. The SMILES string of the molecule is COC(=O)C1C(=O)NC(c2ccc(Cl)cc2)=CC1c1ccccc1. The molecule has 2 atom stereocenters. The van der Waals surface area contributed by atoms with E-state index in [9.17, 15) is 9.59 Å². The maximum atomic E-state index is 12.6. The van der Waals surface area contributed by atoms with Gasteiger partial charge < -0.3 is 10.1 Å². The lowest BCUT2D eigenvalue weighted by Gasteiger charge is -2.28. The minimum absolute atomic E-state index is 0.372. The molecule has 1 heterocycles. The zero-order valence-electron chi connectivity index (χ0n) is 13.0. The predicted octanol–water partition coefficient (Wildman–Crippen LogP) is 3.38. The van der Waals surface area contributed by atoms with Gasteiger partial charge in [0.2, 0.25) is 5.91 Å². The molecule has 2 aromatic rings. The van der Waals surface area contributed by atoms with Gasteiger partial charge in [-0.05, 0) is 23.3 Å². The van der Waals surface area contributed by atoms with Crippen LogP contribution in [0.15, 0.2) is 60.7 Å². The average molecular weight is 342 g/mol. The van der Waals surface area contributed by atoms with Gasteiger partial charge in [0, 0.05) is 16.6 Å². The van der Waals surface area contributed by atoms with Crippen LogP contribution in [0.4, 0.5) is 0 Å². The fourth-order valence-corrected chi connectivity index (χ4v) is 2.96. The number of carbonyl (C=O) groups is 2. The van der Waals surface area contributed by atoms with E-state index in [-0.39, 0.29) is 5.91 Å². The van der Waals surface area contributed by atoms with Crippen molar-refractivity contribution in [3.8, 4) is 0 Å². The lowest BCUT2D eigenvalue weighted by Crippen LogP contribution is -2.42. The molecule has 0 radical (unpaired) electrons. The number of hydrogen-bond acceptors (Lipinski definition) is 3. The van der Waals surface area contributed by atoms with Gasteiger partial charge in [-0.15, -0.1) is 0 Å². The van der Waals surface area contributed by atoms with E-state index in [2.05, 4.69) is 5.32 Å². The molecule has 24 heavy (non-hydrogen) atoms. The lowest BCUT2D eigenvalue weighted by molar-refractivity contribution is -0.150. The molecule has 0 spiro atoms. The highest BCUT2D eigenvalue weighted by molar-refractivity contribution is 6.30. The molecular formula is C19H16ClNO3. The van der Waals surface area contributed by atoms with Crippen molar-refractivity contribution in [1.29, 1.82) is 0 Å². The molecule has 5 heteroatoms. The molecule has 3 rings (SSSR count). The third-order valence-corrected chi connectivity index (χ3v) is 4.29. The lowest BCUT2D eigenvalue weighted by atomic mass is 9.81. The minimum atomic E-state index is -0.909. The monoisotopic (exact) mass is 341 g/mol. The summed E-state index contributed by atoms with van der Waals surface area (Å²) in [5, 5.41) is 3.41. The van der Waals surface area contributed by atoms with Gasteiger partial charge in [0.25, 0.3) is 0 Å². The molecule has 2 aromatic carbocycles. The summed E-state index contributed by atoms with van der Waals surface area (Å²) < 4.78 is 4.82. The van der Waals surface area contributed by atoms with Gasteiger partial charge >= 0.3 is 5.97 Å². The van der Waals surface area contributed by atoms with Gasteiger partial charge in [-0.25, -0.2) is 0 Å². The van der Waals surface area contributed by atoms with Crippen LogP contribution >= 0.6 is 11.6 Å². The van der Waals surface area contributed by atoms with E-state index in [4.69, 9.17) is 16.3 Å². The Hall–Kier alpha value is -2.59. The van der Waals surface area contributed by atoms with Crippen molar-refractivity contribution >= 4 is 29.2 Å². The first kappa shape index (κ1) is 16.3. The van der Waals surface area contributed by atoms with Crippen molar-refractivity contribution in [3.63, 3.8) is 0 Å². The topological polar surface area (TPSA) is 55.4 Å². The highest BCUT2D eigenvalue weighted by Gasteiger charge is 2.39. The van der Waals surface area contributed by atoms with Gasteiger partial charge in [0.1, 0.15) is 5.92 Å². The van der Waals surface area contributed by atoms with E-state index >= 15 is 0 Å².